The molecule has 0 aromatic heterocycles. The molecule has 1 aromatic carbocycles. The Morgan fingerprint density at radius 2 is 1.62 bits per heavy atom. The minimum Gasteiger partial charge on any atom is -0.492 e. The number of nitrogens with one attached hydrogen (secondary N) is 1. The third kappa shape index (κ3) is 9.35. The van der Waals surface area contributed by atoms with Crippen LogP contribution >= 0.6 is 0 Å². The number of ether oxygens (including phenoxy) is 1. The van der Waals surface area contributed by atoms with Crippen molar-refractivity contribution in [2.45, 2.75) is 45.4 Å². The van der Waals surface area contributed by atoms with Gasteiger partial charge in [0.05, 0.1) is 0 Å². The lowest BCUT2D eigenvalue weighted by molar-refractivity contribution is 0.261. The van der Waals surface area contributed by atoms with Crippen LogP contribution in [-0.2, 0) is 0 Å². The molecular weight excluding hydrogens is 260 g/mol. The Morgan fingerprint density at radius 1 is 0.952 bits per heavy atom. The van der Waals surface area contributed by atoms with Gasteiger partial charge in [-0.3, -0.25) is 0 Å². The number of benzene rings is 1. The molecule has 0 bridgehead atoms. The maximum Gasteiger partial charge on any atom is 0.119 e. The largest absolute Gasteiger partial charge is 0.492 e. The molecule has 0 spiro atoms. The molecule has 1 N–H and O–H groups in total. The van der Waals surface area contributed by atoms with Crippen LogP contribution in [-0.4, -0.2) is 38.7 Å². The first-order valence-corrected chi connectivity index (χ1v) is 8.34. The van der Waals surface area contributed by atoms with Crippen LogP contribution in [0.1, 0.15) is 45.4 Å². The van der Waals surface area contributed by atoms with Gasteiger partial charge >= 0.3 is 0 Å². The summed E-state index contributed by atoms with van der Waals surface area (Å²) >= 11 is 0. The van der Waals surface area contributed by atoms with E-state index >= 15 is 0 Å². The van der Waals surface area contributed by atoms with Gasteiger partial charge in [-0.25, -0.2) is 0 Å². The van der Waals surface area contributed by atoms with Crippen molar-refractivity contribution in [3.63, 3.8) is 0 Å². The van der Waals surface area contributed by atoms with E-state index in [2.05, 4.69) is 43.4 Å². The van der Waals surface area contributed by atoms with E-state index in [1.54, 1.807) is 0 Å². The Labute approximate surface area is 130 Å². The highest BCUT2D eigenvalue weighted by atomic mass is 16.5. The topological polar surface area (TPSA) is 24.5 Å². The Hall–Kier alpha value is -1.22. The van der Waals surface area contributed by atoms with Gasteiger partial charge in [0.25, 0.3) is 0 Å². The molecule has 0 amide bonds. The van der Waals surface area contributed by atoms with Gasteiger partial charge in [0.15, 0.2) is 0 Å². The normalized spacial score (nSPS) is 10.9. The Morgan fingerprint density at radius 3 is 2.29 bits per heavy atom. The van der Waals surface area contributed by atoms with Gasteiger partial charge in [-0.1, -0.05) is 39.0 Å². The molecule has 0 saturated heterocycles. The summed E-state index contributed by atoms with van der Waals surface area (Å²) in [6.07, 6.45) is 8.04. The van der Waals surface area contributed by atoms with E-state index in [9.17, 15) is 0 Å². The molecule has 0 unspecified atom stereocenters. The van der Waals surface area contributed by atoms with E-state index < -0.39 is 0 Å². The first-order chi connectivity index (χ1) is 10.2. The second-order valence-corrected chi connectivity index (χ2v) is 5.87. The predicted molar refractivity (Wildman–Crippen MR) is 92.4 cm³/mol. The smallest absolute Gasteiger partial charge is 0.119 e. The summed E-state index contributed by atoms with van der Waals surface area (Å²) in [6.45, 7) is 5.00. The lowest BCUT2D eigenvalue weighted by Crippen LogP contribution is -2.19. The van der Waals surface area contributed by atoms with Crippen LogP contribution in [0.4, 0.5) is 5.69 Å². The minimum atomic E-state index is 0.734. The van der Waals surface area contributed by atoms with Crippen LogP contribution in [0, 0.1) is 0 Å². The van der Waals surface area contributed by atoms with Gasteiger partial charge in [0.1, 0.15) is 12.4 Å². The second kappa shape index (κ2) is 11.4. The summed E-state index contributed by atoms with van der Waals surface area (Å²) in [6, 6.07) is 8.28. The van der Waals surface area contributed by atoms with E-state index in [-0.39, 0.29) is 0 Å². The highest BCUT2D eigenvalue weighted by molar-refractivity contribution is 5.46. The van der Waals surface area contributed by atoms with Crippen molar-refractivity contribution in [2.24, 2.45) is 0 Å². The fraction of sp³-hybridized carbons (Fsp3) is 0.667. The zero-order valence-corrected chi connectivity index (χ0v) is 14.0. The van der Waals surface area contributed by atoms with Crippen molar-refractivity contribution in [3.8, 4) is 5.75 Å². The molecule has 1 aromatic rings. The number of hydrogen-bond acceptors (Lipinski definition) is 3. The van der Waals surface area contributed by atoms with Crippen LogP contribution < -0.4 is 10.1 Å². The summed E-state index contributed by atoms with van der Waals surface area (Å²) in [5.41, 5.74) is 1.18. The van der Waals surface area contributed by atoms with Crippen LogP contribution in [0.25, 0.3) is 0 Å². The molecule has 120 valence electrons. The maximum atomic E-state index is 5.68. The molecule has 0 atom stereocenters. The summed E-state index contributed by atoms with van der Waals surface area (Å²) in [4.78, 5) is 2.12. The van der Waals surface area contributed by atoms with Crippen molar-refractivity contribution in [1.82, 2.24) is 4.90 Å². The molecule has 0 aliphatic rings. The molecule has 3 heteroatoms. The van der Waals surface area contributed by atoms with Crippen molar-refractivity contribution < 1.29 is 4.74 Å². The molecule has 21 heavy (non-hydrogen) atoms. The van der Waals surface area contributed by atoms with Crippen LogP contribution in [0.15, 0.2) is 24.3 Å². The van der Waals surface area contributed by atoms with Crippen molar-refractivity contribution >= 4 is 5.69 Å². The number of likely N-dealkylation sites (N-methyl/N-ethyl adjacent to an activating group) is 1. The molecule has 1 rings (SSSR count). The molecule has 0 fully saturated rings. The fourth-order valence-electron chi connectivity index (χ4n) is 2.15. The van der Waals surface area contributed by atoms with E-state index in [4.69, 9.17) is 4.74 Å². The van der Waals surface area contributed by atoms with E-state index in [1.807, 2.05) is 12.1 Å². The molecule has 3 nitrogen and oxygen atoms in total. The van der Waals surface area contributed by atoms with Crippen molar-refractivity contribution in [2.75, 3.05) is 39.1 Å². The number of anilines is 1. The van der Waals surface area contributed by atoms with Crippen LogP contribution in [0.2, 0.25) is 0 Å². The van der Waals surface area contributed by atoms with Gasteiger partial charge in [0.2, 0.25) is 0 Å². The van der Waals surface area contributed by atoms with Crippen LogP contribution in [0.3, 0.4) is 0 Å². The van der Waals surface area contributed by atoms with Gasteiger partial charge in [-0.2, -0.15) is 0 Å². The van der Waals surface area contributed by atoms with Gasteiger partial charge in [0, 0.05) is 18.8 Å². The molecule has 0 heterocycles. The van der Waals surface area contributed by atoms with Gasteiger partial charge in [-0.05, 0) is 44.8 Å². The SMILES string of the molecule is CCCCCCCCNc1ccc(OCCN(C)C)cc1. The number of nitrogens with zero attached hydrogens (tertiary/aromatic N) is 1. The predicted octanol–water partition coefficient (Wildman–Crippen LogP) is 4.40. The Kier molecular flexibility index (Phi) is 9.71. The third-order valence-electron chi connectivity index (χ3n) is 3.52. The summed E-state index contributed by atoms with van der Waals surface area (Å²) in [7, 11) is 4.11. The third-order valence-corrected chi connectivity index (χ3v) is 3.52. The zero-order valence-electron chi connectivity index (χ0n) is 14.0. The minimum absolute atomic E-state index is 0.734. The average molecular weight is 292 g/mol. The van der Waals surface area contributed by atoms with E-state index in [0.717, 1.165) is 25.4 Å². The quantitative estimate of drug-likeness (QED) is 0.578. The highest BCUT2D eigenvalue weighted by Crippen LogP contribution is 2.16. The summed E-state index contributed by atoms with van der Waals surface area (Å²) in [5.74, 6) is 0.946. The van der Waals surface area contributed by atoms with E-state index in [0.29, 0.717) is 0 Å². The first-order valence-electron chi connectivity index (χ1n) is 8.34. The molecule has 0 radical (unpaired) electrons. The van der Waals surface area contributed by atoms with Crippen LogP contribution in [0.5, 0.6) is 5.75 Å². The Balaban J connectivity index is 2.10. The van der Waals surface area contributed by atoms with Gasteiger partial charge < -0.3 is 15.0 Å². The van der Waals surface area contributed by atoms with Crippen molar-refractivity contribution in [3.05, 3.63) is 24.3 Å². The molecule has 0 saturated carbocycles. The fourth-order valence-corrected chi connectivity index (χ4v) is 2.15. The van der Waals surface area contributed by atoms with E-state index in [1.165, 1.54) is 44.2 Å². The lowest BCUT2D eigenvalue weighted by atomic mass is 10.1. The standard InChI is InChI=1S/C18H32N2O/c1-4-5-6-7-8-9-14-19-17-10-12-18(13-11-17)21-16-15-20(2)3/h10-13,19H,4-9,14-16H2,1-3H3. The maximum absolute atomic E-state index is 5.68. The monoisotopic (exact) mass is 292 g/mol. The molecular formula is C18H32N2O. The summed E-state index contributed by atoms with van der Waals surface area (Å²) < 4.78 is 5.68. The molecule has 0 aliphatic heterocycles. The molecule has 0 aliphatic carbocycles. The number of rotatable bonds is 12. The Bertz CT molecular complexity index is 349. The highest BCUT2D eigenvalue weighted by Gasteiger charge is 1.96. The number of hydrogen-bond donors (Lipinski definition) is 1. The summed E-state index contributed by atoms with van der Waals surface area (Å²) in [5, 5.41) is 3.47. The zero-order chi connectivity index (χ0) is 15.3. The van der Waals surface area contributed by atoms with Crippen molar-refractivity contribution in [1.29, 1.82) is 0 Å². The first kappa shape index (κ1) is 17.8. The number of unbranched alkanes of at least 4 members (excludes halogenated alkanes) is 5. The second-order valence-electron chi connectivity index (χ2n) is 5.87. The lowest BCUT2D eigenvalue weighted by Gasteiger charge is -2.11. The average Bonchev–Trinajstić information content (AvgIpc) is 2.47. The van der Waals surface area contributed by atoms with Gasteiger partial charge in [-0.15, -0.1) is 0 Å².